The first-order valence-corrected chi connectivity index (χ1v) is 11.0. The normalized spacial score (nSPS) is 17.2. The van der Waals surface area contributed by atoms with Gasteiger partial charge in [0.05, 0.1) is 10.6 Å². The van der Waals surface area contributed by atoms with Gasteiger partial charge >= 0.3 is 0 Å². The van der Waals surface area contributed by atoms with Crippen LogP contribution in [-0.2, 0) is 10.0 Å². The number of hydrogen-bond acceptors (Lipinski definition) is 6. The number of amidine groups is 1. The van der Waals surface area contributed by atoms with E-state index in [-0.39, 0.29) is 21.8 Å². The second-order valence-electron chi connectivity index (χ2n) is 7.34. The summed E-state index contributed by atoms with van der Waals surface area (Å²) >= 11 is 0. The van der Waals surface area contributed by atoms with E-state index < -0.39 is 20.9 Å². The van der Waals surface area contributed by atoms with Crippen LogP contribution in [0.2, 0.25) is 0 Å². The van der Waals surface area contributed by atoms with E-state index in [1.54, 1.807) is 31.2 Å². The number of anilines is 2. The van der Waals surface area contributed by atoms with Crippen LogP contribution < -0.4 is 10.2 Å². The molecule has 1 saturated heterocycles. The third-order valence-electron chi connectivity index (χ3n) is 5.27. The van der Waals surface area contributed by atoms with Crippen LogP contribution in [0.25, 0.3) is 0 Å². The fourth-order valence-electron chi connectivity index (χ4n) is 3.71. The van der Waals surface area contributed by atoms with E-state index in [9.17, 15) is 23.3 Å². The van der Waals surface area contributed by atoms with Gasteiger partial charge in [-0.15, -0.1) is 4.40 Å². The highest BCUT2D eigenvalue weighted by Gasteiger charge is 2.32. The fraction of sp³-hybridized carbons (Fsp3) is 0.300. The molecule has 0 radical (unpaired) electrons. The number of amides is 1. The standard InChI is InChI=1S/C20H20N4O5S/c1-13-6-8-15(12-17(13)24(26)27)21-20(25)14-7-9-16-18(11-14)30(28,29)22-19-5-3-2-4-10-23(16)19/h6-9,11-12H,2-5,10H2,1H3,(H,21,25). The first-order valence-electron chi connectivity index (χ1n) is 9.58. The molecule has 2 aliphatic heterocycles. The quantitative estimate of drug-likeness (QED) is 0.588. The van der Waals surface area contributed by atoms with Gasteiger partial charge < -0.3 is 10.2 Å². The molecule has 0 aliphatic carbocycles. The molecule has 1 N–H and O–H groups in total. The SMILES string of the molecule is Cc1ccc(NC(=O)c2ccc3c(c2)S(=O)(=O)N=C2CCCCCN23)cc1[N+](=O)[O-]. The number of hydrogen-bond donors (Lipinski definition) is 1. The minimum Gasteiger partial charge on any atom is -0.328 e. The van der Waals surface area contributed by atoms with E-state index in [1.165, 1.54) is 12.1 Å². The molecule has 2 heterocycles. The molecule has 1 amide bonds. The molecular weight excluding hydrogens is 408 g/mol. The Morgan fingerprint density at radius 3 is 2.73 bits per heavy atom. The Kier molecular flexibility index (Phi) is 5.02. The molecule has 0 unspecified atom stereocenters. The molecule has 4 rings (SSSR count). The summed E-state index contributed by atoms with van der Waals surface area (Å²) in [7, 11) is -3.90. The fourth-order valence-corrected chi connectivity index (χ4v) is 4.99. The van der Waals surface area contributed by atoms with Crippen LogP contribution in [0.4, 0.5) is 17.1 Å². The number of nitrogens with one attached hydrogen (secondary N) is 1. The predicted octanol–water partition coefficient (Wildman–Crippen LogP) is 3.64. The van der Waals surface area contributed by atoms with Crippen molar-refractivity contribution in [3.63, 3.8) is 0 Å². The van der Waals surface area contributed by atoms with Gasteiger partial charge in [0.15, 0.2) is 0 Å². The van der Waals surface area contributed by atoms with E-state index >= 15 is 0 Å². The lowest BCUT2D eigenvalue weighted by Gasteiger charge is -2.29. The molecule has 0 spiro atoms. The maximum Gasteiger partial charge on any atom is 0.286 e. The van der Waals surface area contributed by atoms with Crippen LogP contribution in [0, 0.1) is 17.0 Å². The van der Waals surface area contributed by atoms with E-state index in [4.69, 9.17) is 0 Å². The van der Waals surface area contributed by atoms with E-state index in [0.29, 0.717) is 30.1 Å². The molecule has 1 fully saturated rings. The van der Waals surface area contributed by atoms with Crippen LogP contribution >= 0.6 is 0 Å². The number of nitro groups is 1. The minimum absolute atomic E-state index is 0.00399. The minimum atomic E-state index is -3.90. The first-order chi connectivity index (χ1) is 14.3. The molecule has 0 aromatic heterocycles. The Labute approximate surface area is 173 Å². The summed E-state index contributed by atoms with van der Waals surface area (Å²) < 4.78 is 29.4. The van der Waals surface area contributed by atoms with E-state index in [0.717, 1.165) is 19.3 Å². The molecule has 0 saturated carbocycles. The molecule has 30 heavy (non-hydrogen) atoms. The van der Waals surface area contributed by atoms with Gasteiger partial charge in [-0.2, -0.15) is 8.42 Å². The van der Waals surface area contributed by atoms with Gasteiger partial charge in [-0.05, 0) is 44.0 Å². The number of carbonyl (C=O) groups excluding carboxylic acids is 1. The largest absolute Gasteiger partial charge is 0.328 e. The zero-order chi connectivity index (χ0) is 21.5. The summed E-state index contributed by atoms with van der Waals surface area (Å²) in [5.74, 6) is -0.0130. The Morgan fingerprint density at radius 1 is 1.17 bits per heavy atom. The molecule has 0 atom stereocenters. The lowest BCUT2D eigenvalue weighted by Crippen LogP contribution is -2.35. The summed E-state index contributed by atoms with van der Waals surface area (Å²) in [6.07, 6.45) is 3.44. The van der Waals surface area contributed by atoms with Crippen molar-refractivity contribution in [2.24, 2.45) is 4.40 Å². The Morgan fingerprint density at radius 2 is 1.97 bits per heavy atom. The number of benzene rings is 2. The number of sulfonamides is 1. The summed E-state index contributed by atoms with van der Waals surface area (Å²) in [5.41, 5.74) is 1.29. The third-order valence-corrected chi connectivity index (χ3v) is 6.61. The highest BCUT2D eigenvalue weighted by Crippen LogP contribution is 2.35. The number of nitrogens with zero attached hydrogens (tertiary/aromatic N) is 3. The van der Waals surface area contributed by atoms with Gasteiger partial charge in [0.25, 0.3) is 21.6 Å². The van der Waals surface area contributed by atoms with E-state index in [1.807, 2.05) is 4.90 Å². The van der Waals surface area contributed by atoms with Crippen molar-refractivity contribution in [1.29, 1.82) is 0 Å². The van der Waals surface area contributed by atoms with Crippen LogP contribution in [-0.4, -0.2) is 31.6 Å². The zero-order valence-corrected chi connectivity index (χ0v) is 17.1. The third kappa shape index (κ3) is 3.65. The second-order valence-corrected chi connectivity index (χ2v) is 8.91. The average molecular weight is 428 g/mol. The lowest BCUT2D eigenvalue weighted by atomic mass is 10.1. The van der Waals surface area contributed by atoms with Crippen molar-refractivity contribution in [3.05, 3.63) is 57.6 Å². The van der Waals surface area contributed by atoms with Gasteiger partial charge in [0.2, 0.25) is 0 Å². The first kappa shape index (κ1) is 20.0. The Balaban J connectivity index is 1.66. The molecule has 0 bridgehead atoms. The number of nitro benzene ring substituents is 1. The van der Waals surface area contributed by atoms with Crippen molar-refractivity contribution in [2.45, 2.75) is 37.5 Å². The zero-order valence-electron chi connectivity index (χ0n) is 16.3. The van der Waals surface area contributed by atoms with Crippen LogP contribution in [0.3, 0.4) is 0 Å². The second kappa shape index (κ2) is 7.52. The predicted molar refractivity (Wildman–Crippen MR) is 113 cm³/mol. The highest BCUT2D eigenvalue weighted by molar-refractivity contribution is 7.90. The highest BCUT2D eigenvalue weighted by atomic mass is 32.2. The van der Waals surface area contributed by atoms with Gasteiger partial charge in [-0.25, -0.2) is 0 Å². The van der Waals surface area contributed by atoms with Crippen LogP contribution in [0.1, 0.15) is 41.6 Å². The molecule has 2 aromatic carbocycles. The molecule has 2 aromatic rings. The van der Waals surface area contributed by atoms with Crippen LogP contribution in [0.5, 0.6) is 0 Å². The Bertz CT molecular complexity index is 1190. The van der Waals surface area contributed by atoms with Crippen molar-refractivity contribution >= 4 is 38.8 Å². The van der Waals surface area contributed by atoms with Gasteiger partial charge in [0, 0.05) is 35.8 Å². The monoisotopic (exact) mass is 428 g/mol. The molecule has 2 aliphatic rings. The van der Waals surface area contributed by atoms with Crippen molar-refractivity contribution < 1.29 is 18.1 Å². The lowest BCUT2D eigenvalue weighted by molar-refractivity contribution is -0.385. The van der Waals surface area contributed by atoms with Gasteiger partial charge in [-0.3, -0.25) is 14.9 Å². The summed E-state index contributed by atoms with van der Waals surface area (Å²) in [6.45, 7) is 2.29. The maximum absolute atomic E-state index is 12.7. The smallest absolute Gasteiger partial charge is 0.286 e. The number of fused-ring (bicyclic) bond motifs is 3. The van der Waals surface area contributed by atoms with Gasteiger partial charge in [-0.1, -0.05) is 12.5 Å². The van der Waals surface area contributed by atoms with Gasteiger partial charge in [0.1, 0.15) is 10.7 Å². The molecule has 10 heteroatoms. The molecule has 156 valence electrons. The number of rotatable bonds is 3. The molecule has 9 nitrogen and oxygen atoms in total. The Hall–Kier alpha value is -3.27. The maximum atomic E-state index is 12.7. The van der Waals surface area contributed by atoms with Crippen molar-refractivity contribution in [1.82, 2.24) is 0 Å². The number of aryl methyl sites for hydroxylation is 1. The summed E-state index contributed by atoms with van der Waals surface area (Å²) in [6, 6.07) is 8.87. The number of carbonyl (C=O) groups is 1. The summed E-state index contributed by atoms with van der Waals surface area (Å²) in [4.78, 5) is 25.2. The molecular formula is C20H20N4O5S. The van der Waals surface area contributed by atoms with E-state index in [2.05, 4.69) is 9.71 Å². The average Bonchev–Trinajstić information content (AvgIpc) is 2.93. The van der Waals surface area contributed by atoms with Crippen LogP contribution in [0.15, 0.2) is 45.7 Å². The van der Waals surface area contributed by atoms with Crippen molar-refractivity contribution in [3.8, 4) is 0 Å². The summed E-state index contributed by atoms with van der Waals surface area (Å²) in [5, 5.41) is 13.7. The van der Waals surface area contributed by atoms with Crippen molar-refractivity contribution in [2.75, 3.05) is 16.8 Å². The topological polar surface area (TPSA) is 122 Å².